The number of hydrogen-bond donors (Lipinski definition) is 1. The van der Waals surface area contributed by atoms with E-state index in [4.69, 9.17) is 4.42 Å². The van der Waals surface area contributed by atoms with Crippen LogP contribution in [-0.2, 0) is 0 Å². The van der Waals surface area contributed by atoms with Gasteiger partial charge in [-0.2, -0.15) is 0 Å². The van der Waals surface area contributed by atoms with Gasteiger partial charge in [0.2, 0.25) is 0 Å². The highest BCUT2D eigenvalue weighted by molar-refractivity contribution is 5.94. The average molecular weight is 181 g/mol. The lowest BCUT2D eigenvalue weighted by molar-refractivity contribution is 0.0764. The van der Waals surface area contributed by atoms with E-state index < -0.39 is 0 Å². The number of likely N-dealkylation sites (tertiary alicyclic amines) is 1. The molecule has 1 atom stereocenters. The standard InChI is InChI=1S/C9H11NO3/c11-8-1-3-10(5-8)9(12)7-2-4-13-6-7/h2,4,6,8,11H,1,3,5H2. The molecule has 1 aliphatic rings. The van der Waals surface area contributed by atoms with Crippen molar-refractivity contribution in [3.05, 3.63) is 24.2 Å². The van der Waals surface area contributed by atoms with Crippen LogP contribution in [-0.4, -0.2) is 35.1 Å². The molecule has 1 aromatic heterocycles. The van der Waals surface area contributed by atoms with Gasteiger partial charge in [-0.1, -0.05) is 0 Å². The van der Waals surface area contributed by atoms with Crippen molar-refractivity contribution in [2.45, 2.75) is 12.5 Å². The summed E-state index contributed by atoms with van der Waals surface area (Å²) in [5.41, 5.74) is 0.550. The molecule has 1 unspecified atom stereocenters. The first kappa shape index (κ1) is 8.31. The van der Waals surface area contributed by atoms with Gasteiger partial charge in [0.1, 0.15) is 6.26 Å². The fourth-order valence-corrected chi connectivity index (χ4v) is 1.50. The highest BCUT2D eigenvalue weighted by atomic mass is 16.3. The molecule has 1 aromatic rings. The van der Waals surface area contributed by atoms with Crippen LogP contribution in [0.4, 0.5) is 0 Å². The van der Waals surface area contributed by atoms with Crippen LogP contribution in [0.25, 0.3) is 0 Å². The van der Waals surface area contributed by atoms with E-state index in [0.29, 0.717) is 25.1 Å². The Morgan fingerprint density at radius 1 is 1.69 bits per heavy atom. The van der Waals surface area contributed by atoms with Gasteiger partial charge in [0, 0.05) is 13.1 Å². The molecule has 70 valence electrons. The average Bonchev–Trinajstić information content (AvgIpc) is 2.72. The maximum absolute atomic E-state index is 11.6. The lowest BCUT2D eigenvalue weighted by Gasteiger charge is -2.13. The van der Waals surface area contributed by atoms with E-state index in [0.717, 1.165) is 0 Å². The SMILES string of the molecule is O=C(c1ccoc1)N1CCC(O)C1. The number of β-amino-alcohol motifs (C(OH)–C–C–N with tert-alkyl or cyclic N) is 1. The van der Waals surface area contributed by atoms with Crippen molar-refractivity contribution in [1.29, 1.82) is 0 Å². The number of carbonyl (C=O) groups is 1. The van der Waals surface area contributed by atoms with Crippen LogP contribution >= 0.6 is 0 Å². The molecule has 2 heterocycles. The van der Waals surface area contributed by atoms with E-state index in [1.54, 1.807) is 11.0 Å². The number of nitrogens with zero attached hydrogens (tertiary/aromatic N) is 1. The molecule has 0 aromatic carbocycles. The van der Waals surface area contributed by atoms with E-state index in [1.807, 2.05) is 0 Å². The van der Waals surface area contributed by atoms with Crippen molar-refractivity contribution >= 4 is 5.91 Å². The van der Waals surface area contributed by atoms with Crippen molar-refractivity contribution in [1.82, 2.24) is 4.90 Å². The topological polar surface area (TPSA) is 53.7 Å². The minimum Gasteiger partial charge on any atom is -0.472 e. The smallest absolute Gasteiger partial charge is 0.257 e. The number of aliphatic hydroxyl groups is 1. The molecule has 4 heteroatoms. The minimum atomic E-state index is -0.365. The summed E-state index contributed by atoms with van der Waals surface area (Å²) in [4.78, 5) is 13.2. The van der Waals surface area contributed by atoms with E-state index in [1.165, 1.54) is 12.5 Å². The Kier molecular flexibility index (Phi) is 2.06. The Labute approximate surface area is 75.8 Å². The third kappa shape index (κ3) is 1.58. The predicted octanol–water partition coefficient (Wildman–Crippen LogP) is 0.486. The summed E-state index contributed by atoms with van der Waals surface area (Å²) in [6, 6.07) is 1.63. The van der Waals surface area contributed by atoms with Gasteiger partial charge in [0.05, 0.1) is 17.9 Å². The van der Waals surface area contributed by atoms with E-state index in [9.17, 15) is 9.90 Å². The van der Waals surface area contributed by atoms with E-state index >= 15 is 0 Å². The number of amides is 1. The van der Waals surface area contributed by atoms with Gasteiger partial charge in [-0.25, -0.2) is 0 Å². The molecule has 0 radical (unpaired) electrons. The second-order valence-corrected chi connectivity index (χ2v) is 3.21. The summed E-state index contributed by atoms with van der Waals surface area (Å²) >= 11 is 0. The Bertz CT molecular complexity index is 294. The van der Waals surface area contributed by atoms with Crippen molar-refractivity contribution < 1.29 is 14.3 Å². The maximum atomic E-state index is 11.6. The van der Waals surface area contributed by atoms with Crippen LogP contribution in [0.3, 0.4) is 0 Å². The molecule has 1 amide bonds. The van der Waals surface area contributed by atoms with Crippen LogP contribution in [0, 0.1) is 0 Å². The first-order valence-electron chi connectivity index (χ1n) is 4.27. The van der Waals surface area contributed by atoms with Crippen LogP contribution < -0.4 is 0 Å². The summed E-state index contributed by atoms with van der Waals surface area (Å²) in [5.74, 6) is -0.0645. The highest BCUT2D eigenvalue weighted by Crippen LogP contribution is 2.13. The molecule has 0 aliphatic carbocycles. The Hall–Kier alpha value is -1.29. The fraction of sp³-hybridized carbons (Fsp3) is 0.444. The predicted molar refractivity (Wildman–Crippen MR) is 45.2 cm³/mol. The molecule has 0 bridgehead atoms. The normalized spacial score (nSPS) is 22.2. The Morgan fingerprint density at radius 2 is 2.54 bits per heavy atom. The zero-order valence-corrected chi connectivity index (χ0v) is 7.14. The van der Waals surface area contributed by atoms with Crippen LogP contribution in [0.15, 0.2) is 23.0 Å². The molecule has 0 saturated carbocycles. The number of hydrogen-bond acceptors (Lipinski definition) is 3. The summed E-state index contributed by atoms with van der Waals surface area (Å²) in [5, 5.41) is 9.23. The van der Waals surface area contributed by atoms with Crippen LogP contribution in [0.5, 0.6) is 0 Å². The molecule has 1 aliphatic heterocycles. The summed E-state index contributed by atoms with van der Waals surface area (Å²) in [7, 11) is 0. The van der Waals surface area contributed by atoms with Crippen molar-refractivity contribution in [3.8, 4) is 0 Å². The van der Waals surface area contributed by atoms with E-state index in [-0.39, 0.29) is 12.0 Å². The molecular weight excluding hydrogens is 170 g/mol. The second-order valence-electron chi connectivity index (χ2n) is 3.21. The number of furan rings is 1. The van der Waals surface area contributed by atoms with Crippen molar-refractivity contribution in [2.24, 2.45) is 0 Å². The van der Waals surface area contributed by atoms with Gasteiger partial charge in [-0.3, -0.25) is 4.79 Å². The van der Waals surface area contributed by atoms with Gasteiger partial charge in [0.15, 0.2) is 0 Å². The molecule has 1 fully saturated rings. The monoisotopic (exact) mass is 181 g/mol. The summed E-state index contributed by atoms with van der Waals surface area (Å²) < 4.78 is 4.81. The highest BCUT2D eigenvalue weighted by Gasteiger charge is 2.25. The van der Waals surface area contributed by atoms with Gasteiger partial charge >= 0.3 is 0 Å². The lowest BCUT2D eigenvalue weighted by atomic mass is 10.3. The zero-order valence-electron chi connectivity index (χ0n) is 7.14. The molecule has 2 rings (SSSR count). The third-order valence-electron chi connectivity index (χ3n) is 2.22. The van der Waals surface area contributed by atoms with E-state index in [2.05, 4.69) is 0 Å². The van der Waals surface area contributed by atoms with Gasteiger partial charge < -0.3 is 14.4 Å². The zero-order chi connectivity index (χ0) is 9.26. The van der Waals surface area contributed by atoms with Gasteiger partial charge in [0.25, 0.3) is 5.91 Å². The minimum absolute atomic E-state index is 0.0645. The number of rotatable bonds is 1. The number of carbonyl (C=O) groups excluding carboxylic acids is 1. The molecule has 1 N–H and O–H groups in total. The largest absolute Gasteiger partial charge is 0.472 e. The summed E-state index contributed by atoms with van der Waals surface area (Å²) in [6.45, 7) is 1.06. The van der Waals surface area contributed by atoms with Crippen LogP contribution in [0.1, 0.15) is 16.8 Å². The molecule has 1 saturated heterocycles. The third-order valence-corrected chi connectivity index (χ3v) is 2.22. The Balaban J connectivity index is 2.06. The molecule has 4 nitrogen and oxygen atoms in total. The quantitative estimate of drug-likeness (QED) is 0.685. The second kappa shape index (κ2) is 3.22. The number of aliphatic hydroxyl groups excluding tert-OH is 1. The van der Waals surface area contributed by atoms with Crippen molar-refractivity contribution in [3.63, 3.8) is 0 Å². The first-order valence-corrected chi connectivity index (χ1v) is 4.27. The van der Waals surface area contributed by atoms with Gasteiger partial charge in [-0.05, 0) is 12.5 Å². The first-order chi connectivity index (χ1) is 6.27. The molecular formula is C9H11NO3. The van der Waals surface area contributed by atoms with Gasteiger partial charge in [-0.15, -0.1) is 0 Å². The van der Waals surface area contributed by atoms with Crippen LogP contribution in [0.2, 0.25) is 0 Å². The molecule has 13 heavy (non-hydrogen) atoms. The maximum Gasteiger partial charge on any atom is 0.257 e. The summed E-state index contributed by atoms with van der Waals surface area (Å²) in [6.07, 6.45) is 3.20. The lowest BCUT2D eigenvalue weighted by Crippen LogP contribution is -2.29. The Morgan fingerprint density at radius 3 is 3.08 bits per heavy atom. The molecule has 0 spiro atoms. The van der Waals surface area contributed by atoms with Crippen molar-refractivity contribution in [2.75, 3.05) is 13.1 Å². The fourth-order valence-electron chi connectivity index (χ4n) is 1.50.